The molecule has 36 heavy (non-hydrogen) atoms. The van der Waals surface area contributed by atoms with Gasteiger partial charge in [0.15, 0.2) is 0 Å². The van der Waals surface area contributed by atoms with Crippen molar-refractivity contribution in [2.75, 3.05) is 19.0 Å². The summed E-state index contributed by atoms with van der Waals surface area (Å²) in [6, 6.07) is 16.3. The summed E-state index contributed by atoms with van der Waals surface area (Å²) in [6.07, 6.45) is 1.21. The van der Waals surface area contributed by atoms with Gasteiger partial charge in [-0.05, 0) is 50.2 Å². The summed E-state index contributed by atoms with van der Waals surface area (Å²) in [5.74, 6) is 0.0731. The lowest BCUT2D eigenvalue weighted by molar-refractivity contribution is -0.00177. The number of benzene rings is 1. The molecule has 3 heterocycles. The molecule has 0 radical (unpaired) electrons. The van der Waals surface area contributed by atoms with Gasteiger partial charge in [0.25, 0.3) is 5.91 Å². The molecule has 0 spiro atoms. The molecule has 184 valence electrons. The van der Waals surface area contributed by atoms with Gasteiger partial charge in [-0.25, -0.2) is 8.91 Å². The number of nitrogens with one attached hydrogen (secondary N) is 2. The highest BCUT2D eigenvalue weighted by molar-refractivity contribution is 6.00. The van der Waals surface area contributed by atoms with Crippen LogP contribution in [0.5, 0.6) is 5.75 Å². The Hall–Kier alpha value is -4.49. The zero-order valence-electron chi connectivity index (χ0n) is 20.0. The van der Waals surface area contributed by atoms with Crippen LogP contribution in [0.15, 0.2) is 60.9 Å². The summed E-state index contributed by atoms with van der Waals surface area (Å²) < 4.78 is 21.2. The molecule has 3 aromatic heterocycles. The Labute approximate surface area is 207 Å². The lowest BCUT2D eigenvalue weighted by atomic mass is 10.0. The molecule has 0 aliphatic carbocycles. The number of nitriles is 1. The van der Waals surface area contributed by atoms with Crippen molar-refractivity contribution in [1.29, 1.82) is 5.26 Å². The predicted octanol–water partition coefficient (Wildman–Crippen LogP) is 3.86. The van der Waals surface area contributed by atoms with E-state index in [4.69, 9.17) is 10.00 Å². The first-order valence-corrected chi connectivity index (χ1v) is 11.1. The summed E-state index contributed by atoms with van der Waals surface area (Å²) >= 11 is 0. The number of aliphatic hydroxyl groups is 1. The monoisotopic (exact) mass is 488 g/mol. The topological polar surface area (TPSA) is 125 Å². The third kappa shape index (κ3) is 5.26. The molecule has 1 aromatic carbocycles. The number of pyridine rings is 1. The Bertz CT molecular complexity index is 1450. The fourth-order valence-corrected chi connectivity index (χ4v) is 3.52. The molecule has 0 fully saturated rings. The molecule has 4 rings (SSSR count). The fourth-order valence-electron chi connectivity index (χ4n) is 3.52. The van der Waals surface area contributed by atoms with Crippen molar-refractivity contribution in [1.82, 2.24) is 19.9 Å². The third-order valence-electron chi connectivity index (χ3n) is 5.60. The molecule has 10 heteroatoms. The fraction of sp³-hybridized carbons (Fsp3) is 0.231. The predicted molar refractivity (Wildman–Crippen MR) is 133 cm³/mol. The van der Waals surface area contributed by atoms with Crippen LogP contribution in [0.1, 0.15) is 29.8 Å². The van der Waals surface area contributed by atoms with Gasteiger partial charge in [-0.15, -0.1) is 0 Å². The van der Waals surface area contributed by atoms with Crippen molar-refractivity contribution in [2.45, 2.75) is 25.6 Å². The minimum atomic E-state index is -1.65. The van der Waals surface area contributed by atoms with Crippen LogP contribution >= 0.6 is 0 Å². The Morgan fingerprint density at radius 1 is 1.25 bits per heavy atom. The van der Waals surface area contributed by atoms with E-state index in [-0.39, 0.29) is 12.1 Å². The first-order valence-electron chi connectivity index (χ1n) is 11.1. The van der Waals surface area contributed by atoms with Crippen LogP contribution in [0, 0.1) is 11.3 Å². The van der Waals surface area contributed by atoms with E-state index in [2.05, 4.69) is 26.8 Å². The maximum absolute atomic E-state index is 14.2. The van der Waals surface area contributed by atoms with Crippen molar-refractivity contribution < 1.29 is 19.0 Å². The number of carbonyl (C=O) groups excluding carboxylic acids is 1. The number of anilines is 2. The molecule has 0 bridgehead atoms. The van der Waals surface area contributed by atoms with Crippen molar-refractivity contribution in [3.63, 3.8) is 0 Å². The van der Waals surface area contributed by atoms with Gasteiger partial charge in [-0.3, -0.25) is 9.78 Å². The van der Waals surface area contributed by atoms with E-state index in [0.717, 1.165) is 5.52 Å². The van der Waals surface area contributed by atoms with Crippen molar-refractivity contribution in [3.05, 3.63) is 72.1 Å². The Balaban J connectivity index is 1.72. The van der Waals surface area contributed by atoms with Crippen LogP contribution in [-0.4, -0.2) is 51.0 Å². The number of fused-ring (bicyclic) bond motifs is 1. The molecule has 4 aromatic rings. The van der Waals surface area contributed by atoms with Gasteiger partial charge in [-0.1, -0.05) is 6.07 Å². The molecular formula is C26H25FN6O3. The van der Waals surface area contributed by atoms with Crippen LogP contribution in [0.25, 0.3) is 16.9 Å². The lowest BCUT2D eigenvalue weighted by Gasteiger charge is -2.22. The molecular weight excluding hydrogens is 463 g/mol. The summed E-state index contributed by atoms with van der Waals surface area (Å²) in [4.78, 5) is 17.4. The maximum atomic E-state index is 14.2. The number of aromatic nitrogens is 3. The molecule has 0 aliphatic heterocycles. The molecule has 9 nitrogen and oxygen atoms in total. The van der Waals surface area contributed by atoms with E-state index in [9.17, 15) is 14.3 Å². The highest BCUT2D eigenvalue weighted by Gasteiger charge is 2.27. The van der Waals surface area contributed by atoms with Crippen LogP contribution in [0.2, 0.25) is 0 Å². The van der Waals surface area contributed by atoms with E-state index in [1.54, 1.807) is 42.0 Å². The molecule has 0 unspecified atom stereocenters. The molecule has 1 amide bonds. The second-order valence-electron chi connectivity index (χ2n) is 8.71. The average Bonchev–Trinajstić information content (AvgIpc) is 3.29. The Morgan fingerprint density at radius 3 is 2.78 bits per heavy atom. The van der Waals surface area contributed by atoms with Gasteiger partial charge in [0, 0.05) is 18.0 Å². The second kappa shape index (κ2) is 10.0. The van der Waals surface area contributed by atoms with Gasteiger partial charge < -0.3 is 20.5 Å². The van der Waals surface area contributed by atoms with E-state index in [0.29, 0.717) is 34.1 Å². The Morgan fingerprint density at radius 2 is 2.06 bits per heavy atom. The largest absolute Gasteiger partial charge is 0.497 e. The van der Waals surface area contributed by atoms with Gasteiger partial charge in [-0.2, -0.15) is 10.4 Å². The normalized spacial score (nSPS) is 12.1. The highest BCUT2D eigenvalue weighted by Crippen LogP contribution is 2.29. The lowest BCUT2D eigenvalue weighted by Crippen LogP contribution is -2.42. The van der Waals surface area contributed by atoms with Gasteiger partial charge >= 0.3 is 0 Å². The first kappa shape index (κ1) is 24.6. The maximum Gasteiger partial charge on any atom is 0.255 e. The molecule has 0 saturated carbocycles. The first-order chi connectivity index (χ1) is 17.2. The van der Waals surface area contributed by atoms with Crippen molar-refractivity contribution in [3.8, 4) is 23.2 Å². The van der Waals surface area contributed by atoms with Gasteiger partial charge in [0.1, 0.15) is 18.0 Å². The minimum absolute atomic E-state index is 0.185. The van der Waals surface area contributed by atoms with Crippen LogP contribution in [0.4, 0.5) is 15.8 Å². The van der Waals surface area contributed by atoms with Crippen molar-refractivity contribution in [2.24, 2.45) is 0 Å². The molecule has 3 N–H and O–H groups in total. The number of rotatable bonds is 8. The molecule has 0 saturated heterocycles. The highest BCUT2D eigenvalue weighted by atomic mass is 19.1. The number of amides is 1. The zero-order chi connectivity index (χ0) is 25.9. The summed E-state index contributed by atoms with van der Waals surface area (Å²) in [6.45, 7) is 2.31. The van der Waals surface area contributed by atoms with E-state index < -0.39 is 17.7 Å². The quantitative estimate of drug-likeness (QED) is 0.344. The molecule has 0 aliphatic rings. The zero-order valence-corrected chi connectivity index (χ0v) is 20.0. The SMILES string of the molecule is COc1cccc(Nc2cc(-c3ccc4cc(C#N)cnn34)ncc2C(=O)NC[C@@H](F)C(C)(C)O)c1. The number of alkyl halides is 1. The van der Waals surface area contributed by atoms with Gasteiger partial charge in [0.2, 0.25) is 0 Å². The summed E-state index contributed by atoms with van der Waals surface area (Å²) in [5, 5.41) is 29.0. The van der Waals surface area contributed by atoms with E-state index in [1.807, 2.05) is 18.2 Å². The van der Waals surface area contributed by atoms with Gasteiger partial charge in [0.05, 0.1) is 59.2 Å². The number of methoxy groups -OCH3 is 1. The average molecular weight is 489 g/mol. The number of hydrogen-bond donors (Lipinski definition) is 3. The third-order valence-corrected chi connectivity index (χ3v) is 5.60. The molecule has 1 atom stereocenters. The minimum Gasteiger partial charge on any atom is -0.497 e. The summed E-state index contributed by atoms with van der Waals surface area (Å²) in [5.41, 5.74) is 2.01. The number of nitrogens with zero attached hydrogens (tertiary/aromatic N) is 4. The number of ether oxygens (including phenoxy) is 1. The van der Waals surface area contributed by atoms with Crippen LogP contribution < -0.4 is 15.4 Å². The van der Waals surface area contributed by atoms with E-state index in [1.165, 1.54) is 26.2 Å². The summed E-state index contributed by atoms with van der Waals surface area (Å²) in [7, 11) is 1.56. The standard InChI is InChI=1S/C26H25FN6O3/c1-26(2,35)24(27)15-30-25(34)20-14-29-22(11-21(20)32-17-5-4-6-19(10-17)36-3)23-8-7-18-9-16(12-28)13-31-33(18)23/h4-11,13-14,24,35H,15H2,1-3H3,(H,29,32)(H,30,34)/t24-/m1/s1. The van der Waals surface area contributed by atoms with Crippen molar-refractivity contribution >= 4 is 22.8 Å². The number of carbonyl (C=O) groups is 1. The Kier molecular flexibility index (Phi) is 6.85. The second-order valence-corrected chi connectivity index (χ2v) is 8.71. The number of halogens is 1. The smallest absolute Gasteiger partial charge is 0.255 e. The number of hydrogen-bond acceptors (Lipinski definition) is 7. The van der Waals surface area contributed by atoms with Crippen LogP contribution in [0.3, 0.4) is 0 Å². The van der Waals surface area contributed by atoms with Crippen LogP contribution in [-0.2, 0) is 0 Å². The van der Waals surface area contributed by atoms with E-state index >= 15 is 0 Å².